The maximum Gasteiger partial charge on any atom is 0.246 e. The van der Waals surface area contributed by atoms with Crippen LogP contribution in [0.1, 0.15) is 20.3 Å². The van der Waals surface area contributed by atoms with Crippen LogP contribution in [0.3, 0.4) is 0 Å². The molecular weight excluding hydrogens is 133 g/mol. The first-order valence-corrected chi connectivity index (χ1v) is 3.24. The van der Waals surface area contributed by atoms with Crippen molar-refractivity contribution in [2.24, 2.45) is 5.73 Å². The monoisotopic (exact) mass is 147 g/mol. The topological polar surface area (TPSA) is 35.2 Å². The maximum absolute atomic E-state index is 13.0. The molecule has 0 spiro atoms. The molecule has 0 aliphatic rings. The average Bonchev–Trinajstić information content (AvgIpc) is 1.89. The lowest BCUT2D eigenvalue weighted by Crippen LogP contribution is -2.28. The third kappa shape index (κ3) is 2.35. The van der Waals surface area contributed by atoms with E-state index in [2.05, 4.69) is 4.74 Å². The van der Waals surface area contributed by atoms with Crippen molar-refractivity contribution in [3.8, 4) is 0 Å². The first-order valence-electron chi connectivity index (χ1n) is 3.24. The number of hydrogen-bond acceptors (Lipinski definition) is 2. The Morgan fingerprint density at radius 1 is 1.80 bits per heavy atom. The Balaban J connectivity index is 4.17. The molecule has 0 saturated carbocycles. The van der Waals surface area contributed by atoms with Gasteiger partial charge in [0.2, 0.25) is 5.85 Å². The molecule has 2 nitrogen and oxygen atoms in total. The molecule has 0 bridgehead atoms. The molecule has 0 radical (unpaired) electrons. The SMILES string of the molecule is CC/C=C(/N)C(C)(F)OC. The number of halogens is 1. The van der Waals surface area contributed by atoms with Gasteiger partial charge in [0.1, 0.15) is 0 Å². The highest BCUT2D eigenvalue weighted by Crippen LogP contribution is 2.17. The Morgan fingerprint density at radius 3 is 2.60 bits per heavy atom. The number of alkyl halides is 1. The summed E-state index contributed by atoms with van der Waals surface area (Å²) in [6, 6.07) is 0. The van der Waals surface area contributed by atoms with Crippen molar-refractivity contribution in [3.63, 3.8) is 0 Å². The fourth-order valence-electron chi connectivity index (χ4n) is 0.520. The zero-order valence-electron chi connectivity index (χ0n) is 6.65. The van der Waals surface area contributed by atoms with E-state index in [1.165, 1.54) is 14.0 Å². The van der Waals surface area contributed by atoms with E-state index in [1.807, 2.05) is 6.92 Å². The molecule has 3 heteroatoms. The normalized spacial score (nSPS) is 18.6. The third-order valence-electron chi connectivity index (χ3n) is 1.32. The predicted molar refractivity (Wildman–Crippen MR) is 39.1 cm³/mol. The molecule has 0 aliphatic carbocycles. The molecule has 2 N–H and O–H groups in total. The fourth-order valence-corrected chi connectivity index (χ4v) is 0.520. The number of methoxy groups -OCH3 is 1. The summed E-state index contributed by atoms with van der Waals surface area (Å²) in [5, 5.41) is 0. The van der Waals surface area contributed by atoms with Gasteiger partial charge in [-0.3, -0.25) is 0 Å². The van der Waals surface area contributed by atoms with E-state index in [-0.39, 0.29) is 5.70 Å². The molecule has 0 aliphatic heterocycles. The highest BCUT2D eigenvalue weighted by atomic mass is 19.2. The zero-order valence-corrected chi connectivity index (χ0v) is 6.65. The van der Waals surface area contributed by atoms with Gasteiger partial charge in [-0.1, -0.05) is 13.0 Å². The molecule has 1 unspecified atom stereocenters. The molecule has 1 atom stereocenters. The number of allylic oxidation sites excluding steroid dienone is 1. The smallest absolute Gasteiger partial charge is 0.246 e. The zero-order chi connectivity index (χ0) is 8.20. The van der Waals surface area contributed by atoms with Crippen LogP contribution in [0.15, 0.2) is 11.8 Å². The van der Waals surface area contributed by atoms with Crippen molar-refractivity contribution < 1.29 is 9.13 Å². The van der Waals surface area contributed by atoms with E-state index in [4.69, 9.17) is 5.73 Å². The lowest BCUT2D eigenvalue weighted by atomic mass is 10.2. The molecule has 0 aromatic carbocycles. The van der Waals surface area contributed by atoms with E-state index < -0.39 is 5.85 Å². The van der Waals surface area contributed by atoms with Crippen LogP contribution < -0.4 is 5.73 Å². The number of nitrogens with two attached hydrogens (primary N) is 1. The van der Waals surface area contributed by atoms with Crippen molar-refractivity contribution in [2.75, 3.05) is 7.11 Å². The van der Waals surface area contributed by atoms with Crippen molar-refractivity contribution in [3.05, 3.63) is 11.8 Å². The second-order valence-electron chi connectivity index (χ2n) is 2.19. The van der Waals surface area contributed by atoms with Gasteiger partial charge in [-0.15, -0.1) is 0 Å². The van der Waals surface area contributed by atoms with Gasteiger partial charge >= 0.3 is 0 Å². The minimum Gasteiger partial charge on any atom is -0.398 e. The largest absolute Gasteiger partial charge is 0.398 e. The molecule has 10 heavy (non-hydrogen) atoms. The Bertz CT molecular complexity index is 132. The van der Waals surface area contributed by atoms with Crippen LogP contribution >= 0.6 is 0 Å². The standard InChI is InChI=1S/C7H14FNO/c1-4-5-6(9)7(2,8)10-3/h5H,4,9H2,1-3H3/b6-5+. The van der Waals surface area contributed by atoms with Gasteiger partial charge in [0.15, 0.2) is 0 Å². The van der Waals surface area contributed by atoms with Crippen LogP contribution in [0.4, 0.5) is 4.39 Å². The molecular formula is C7H14FNO. The fraction of sp³-hybridized carbons (Fsp3) is 0.714. The number of ether oxygens (including phenoxy) is 1. The summed E-state index contributed by atoms with van der Waals surface area (Å²) < 4.78 is 17.5. The van der Waals surface area contributed by atoms with E-state index in [0.717, 1.165) is 0 Å². The van der Waals surface area contributed by atoms with E-state index in [1.54, 1.807) is 6.08 Å². The molecule has 0 rings (SSSR count). The molecule has 0 saturated heterocycles. The number of hydrogen-bond donors (Lipinski definition) is 1. The molecule has 0 aromatic heterocycles. The molecule has 0 amide bonds. The summed E-state index contributed by atoms with van der Waals surface area (Å²) in [6.45, 7) is 3.17. The summed E-state index contributed by atoms with van der Waals surface area (Å²) in [6.07, 6.45) is 2.32. The molecule has 0 fully saturated rings. The Morgan fingerprint density at radius 2 is 2.30 bits per heavy atom. The summed E-state index contributed by atoms with van der Waals surface area (Å²) in [7, 11) is 1.29. The predicted octanol–water partition coefficient (Wildman–Crippen LogP) is 1.57. The van der Waals surface area contributed by atoms with Crippen molar-refractivity contribution in [1.82, 2.24) is 0 Å². The van der Waals surface area contributed by atoms with E-state index >= 15 is 0 Å². The minimum absolute atomic E-state index is 0.137. The Labute approximate surface area is 60.9 Å². The van der Waals surface area contributed by atoms with Gasteiger partial charge < -0.3 is 10.5 Å². The van der Waals surface area contributed by atoms with Gasteiger partial charge in [-0.05, 0) is 6.42 Å². The van der Waals surface area contributed by atoms with E-state index in [0.29, 0.717) is 6.42 Å². The van der Waals surface area contributed by atoms with Crippen molar-refractivity contribution >= 4 is 0 Å². The average molecular weight is 147 g/mol. The first-order chi connectivity index (χ1) is 4.54. The molecule has 0 heterocycles. The quantitative estimate of drug-likeness (QED) is 0.657. The third-order valence-corrected chi connectivity index (χ3v) is 1.32. The van der Waals surface area contributed by atoms with Crippen LogP contribution in [0.25, 0.3) is 0 Å². The lowest BCUT2D eigenvalue weighted by Gasteiger charge is -2.18. The van der Waals surface area contributed by atoms with Gasteiger partial charge in [0.05, 0.1) is 5.70 Å². The van der Waals surface area contributed by atoms with Gasteiger partial charge in [0, 0.05) is 14.0 Å². The van der Waals surface area contributed by atoms with Crippen LogP contribution in [-0.4, -0.2) is 13.0 Å². The molecule has 0 aromatic rings. The van der Waals surface area contributed by atoms with Crippen molar-refractivity contribution in [2.45, 2.75) is 26.1 Å². The first kappa shape index (κ1) is 9.43. The second-order valence-corrected chi connectivity index (χ2v) is 2.19. The van der Waals surface area contributed by atoms with Crippen LogP contribution in [-0.2, 0) is 4.74 Å². The van der Waals surface area contributed by atoms with Gasteiger partial charge in [0.25, 0.3) is 0 Å². The maximum atomic E-state index is 13.0. The van der Waals surface area contributed by atoms with E-state index in [9.17, 15) is 4.39 Å². The van der Waals surface area contributed by atoms with Gasteiger partial charge in [-0.2, -0.15) is 0 Å². The van der Waals surface area contributed by atoms with Crippen molar-refractivity contribution in [1.29, 1.82) is 0 Å². The lowest BCUT2D eigenvalue weighted by molar-refractivity contribution is -0.0740. The van der Waals surface area contributed by atoms with Crippen LogP contribution in [0.5, 0.6) is 0 Å². The highest BCUT2D eigenvalue weighted by molar-refractivity contribution is 5.06. The summed E-state index contributed by atoms with van der Waals surface area (Å²) in [5.74, 6) is -1.81. The summed E-state index contributed by atoms with van der Waals surface area (Å²) >= 11 is 0. The molecule has 60 valence electrons. The minimum atomic E-state index is -1.81. The Kier molecular flexibility index (Phi) is 3.36. The van der Waals surface area contributed by atoms with Crippen LogP contribution in [0.2, 0.25) is 0 Å². The van der Waals surface area contributed by atoms with Gasteiger partial charge in [-0.25, -0.2) is 4.39 Å². The van der Waals surface area contributed by atoms with Crippen LogP contribution in [0, 0.1) is 0 Å². The highest BCUT2D eigenvalue weighted by Gasteiger charge is 2.24. The number of rotatable bonds is 3. The second kappa shape index (κ2) is 3.56. The summed E-state index contributed by atoms with van der Waals surface area (Å²) in [5.41, 5.74) is 5.47. The Hall–Kier alpha value is -0.570. The summed E-state index contributed by atoms with van der Waals surface area (Å²) in [4.78, 5) is 0.